The Morgan fingerprint density at radius 2 is 2.24 bits per heavy atom. The highest BCUT2D eigenvalue weighted by molar-refractivity contribution is 7.12. The molecule has 0 atom stereocenters. The number of aryl methyl sites for hydroxylation is 1. The van der Waals surface area contributed by atoms with Crippen molar-refractivity contribution in [2.45, 2.75) is 6.92 Å². The molecule has 1 N–H and O–H groups in total. The lowest BCUT2D eigenvalue weighted by molar-refractivity contribution is 0.102. The van der Waals surface area contributed by atoms with Crippen molar-refractivity contribution in [3.8, 4) is 0 Å². The quantitative estimate of drug-likeness (QED) is 0.846. The molecule has 2 aromatic rings. The first kappa shape index (κ1) is 11.5. The van der Waals surface area contributed by atoms with Crippen LogP contribution in [-0.4, -0.2) is 17.2 Å². The molecule has 0 aromatic carbocycles. The maximum absolute atomic E-state index is 11.8. The van der Waals surface area contributed by atoms with E-state index >= 15 is 0 Å². The van der Waals surface area contributed by atoms with E-state index in [9.17, 15) is 9.59 Å². The van der Waals surface area contributed by atoms with Crippen molar-refractivity contribution in [1.29, 1.82) is 0 Å². The Morgan fingerprint density at radius 1 is 1.41 bits per heavy atom. The lowest BCUT2D eigenvalue weighted by Crippen LogP contribution is -2.12. The zero-order chi connectivity index (χ0) is 12.3. The summed E-state index contributed by atoms with van der Waals surface area (Å²) in [6.45, 7) is 1.88. The summed E-state index contributed by atoms with van der Waals surface area (Å²) in [5.74, 6) is 0.261. The SMILES string of the molecule is Cc1ccsc1C(=O)Nc1ccc(C=O)cn1. The van der Waals surface area contributed by atoms with Gasteiger partial charge in [-0.25, -0.2) is 4.98 Å². The van der Waals surface area contributed by atoms with Crippen molar-refractivity contribution in [3.05, 3.63) is 45.8 Å². The molecule has 0 bridgehead atoms. The summed E-state index contributed by atoms with van der Waals surface area (Å²) in [6.07, 6.45) is 2.13. The second-order valence-electron chi connectivity index (χ2n) is 3.48. The number of anilines is 1. The minimum atomic E-state index is -0.177. The van der Waals surface area contributed by atoms with Crippen LogP contribution in [0.25, 0.3) is 0 Å². The number of aromatic nitrogens is 1. The van der Waals surface area contributed by atoms with Crippen LogP contribution >= 0.6 is 11.3 Å². The van der Waals surface area contributed by atoms with E-state index < -0.39 is 0 Å². The van der Waals surface area contributed by atoms with Crippen molar-refractivity contribution in [1.82, 2.24) is 4.98 Å². The Morgan fingerprint density at radius 3 is 2.76 bits per heavy atom. The number of carbonyl (C=O) groups excluding carboxylic acids is 2. The zero-order valence-electron chi connectivity index (χ0n) is 9.14. The molecule has 0 fully saturated rings. The summed E-state index contributed by atoms with van der Waals surface area (Å²) in [7, 11) is 0. The lowest BCUT2D eigenvalue weighted by Gasteiger charge is -2.03. The smallest absolute Gasteiger partial charge is 0.267 e. The van der Waals surface area contributed by atoms with Gasteiger partial charge in [0.2, 0.25) is 0 Å². The van der Waals surface area contributed by atoms with E-state index in [0.29, 0.717) is 22.5 Å². The van der Waals surface area contributed by atoms with Crippen LogP contribution < -0.4 is 5.32 Å². The molecule has 5 heteroatoms. The Hall–Kier alpha value is -2.01. The number of nitrogens with zero attached hydrogens (tertiary/aromatic N) is 1. The summed E-state index contributed by atoms with van der Waals surface area (Å²) < 4.78 is 0. The number of amides is 1. The van der Waals surface area contributed by atoms with Crippen LogP contribution in [0.5, 0.6) is 0 Å². The van der Waals surface area contributed by atoms with Crippen molar-refractivity contribution >= 4 is 29.3 Å². The molecule has 0 saturated heterocycles. The van der Waals surface area contributed by atoms with Gasteiger partial charge in [-0.05, 0) is 36.1 Å². The lowest BCUT2D eigenvalue weighted by atomic mass is 10.3. The predicted octanol–water partition coefficient (Wildman–Crippen LogP) is 2.52. The van der Waals surface area contributed by atoms with Gasteiger partial charge in [-0.1, -0.05) is 0 Å². The molecule has 0 aliphatic carbocycles. The highest BCUT2D eigenvalue weighted by Crippen LogP contribution is 2.17. The summed E-state index contributed by atoms with van der Waals surface area (Å²) in [6, 6.07) is 5.10. The highest BCUT2D eigenvalue weighted by Gasteiger charge is 2.10. The summed E-state index contributed by atoms with van der Waals surface area (Å²) >= 11 is 1.39. The van der Waals surface area contributed by atoms with Gasteiger partial charge >= 0.3 is 0 Å². The summed E-state index contributed by atoms with van der Waals surface area (Å²) in [5, 5.41) is 4.55. The third kappa shape index (κ3) is 2.57. The Bertz CT molecular complexity index is 546. The van der Waals surface area contributed by atoms with Crippen molar-refractivity contribution in [2.75, 3.05) is 5.32 Å². The number of rotatable bonds is 3. The van der Waals surface area contributed by atoms with E-state index in [1.165, 1.54) is 17.5 Å². The van der Waals surface area contributed by atoms with Crippen LogP contribution in [0.3, 0.4) is 0 Å². The normalized spacial score (nSPS) is 9.94. The van der Waals surface area contributed by atoms with Crippen LogP contribution in [-0.2, 0) is 0 Å². The molecule has 0 aliphatic rings. The molecule has 4 nitrogen and oxygen atoms in total. The monoisotopic (exact) mass is 246 g/mol. The molecule has 0 aliphatic heterocycles. The number of aldehydes is 1. The van der Waals surface area contributed by atoms with Gasteiger partial charge in [0.15, 0.2) is 6.29 Å². The molecule has 86 valence electrons. The topological polar surface area (TPSA) is 59.1 Å². The molecular weight excluding hydrogens is 236 g/mol. The molecular formula is C12H10N2O2S. The maximum atomic E-state index is 11.8. The van der Waals surface area contributed by atoms with E-state index in [4.69, 9.17) is 0 Å². The minimum absolute atomic E-state index is 0.177. The molecule has 2 heterocycles. The molecule has 0 radical (unpaired) electrons. The largest absolute Gasteiger partial charge is 0.306 e. The molecule has 2 rings (SSSR count). The fourth-order valence-corrected chi connectivity index (χ4v) is 2.15. The molecule has 0 spiro atoms. The van der Waals surface area contributed by atoms with E-state index in [-0.39, 0.29) is 5.91 Å². The van der Waals surface area contributed by atoms with Crippen molar-refractivity contribution in [3.63, 3.8) is 0 Å². The van der Waals surface area contributed by atoms with Gasteiger partial charge in [-0.2, -0.15) is 0 Å². The molecule has 0 unspecified atom stereocenters. The van der Waals surface area contributed by atoms with Gasteiger partial charge < -0.3 is 5.32 Å². The first-order valence-corrected chi connectivity index (χ1v) is 5.85. The predicted molar refractivity (Wildman–Crippen MR) is 66.6 cm³/mol. The maximum Gasteiger partial charge on any atom is 0.267 e. The third-order valence-corrected chi connectivity index (χ3v) is 3.25. The van der Waals surface area contributed by atoms with Gasteiger partial charge in [0.05, 0.1) is 4.88 Å². The number of hydrogen-bond acceptors (Lipinski definition) is 4. The van der Waals surface area contributed by atoms with Crippen molar-refractivity contribution in [2.24, 2.45) is 0 Å². The first-order valence-electron chi connectivity index (χ1n) is 4.97. The van der Waals surface area contributed by atoms with Crippen LogP contribution in [0, 0.1) is 6.92 Å². The molecule has 2 aromatic heterocycles. The van der Waals surface area contributed by atoms with Crippen LogP contribution in [0.15, 0.2) is 29.8 Å². The number of thiophene rings is 1. The van der Waals surface area contributed by atoms with Gasteiger partial charge in [0, 0.05) is 11.8 Å². The zero-order valence-corrected chi connectivity index (χ0v) is 9.95. The number of carbonyl (C=O) groups is 2. The highest BCUT2D eigenvalue weighted by atomic mass is 32.1. The Balaban J connectivity index is 2.13. The fraction of sp³-hybridized carbons (Fsp3) is 0.0833. The van der Waals surface area contributed by atoms with Crippen molar-refractivity contribution < 1.29 is 9.59 Å². The molecule has 17 heavy (non-hydrogen) atoms. The van der Waals surface area contributed by atoms with E-state index in [0.717, 1.165) is 5.56 Å². The van der Waals surface area contributed by atoms with Crippen LogP contribution in [0.1, 0.15) is 25.6 Å². The van der Waals surface area contributed by atoms with Gasteiger partial charge in [-0.15, -0.1) is 11.3 Å². The van der Waals surface area contributed by atoms with E-state index in [2.05, 4.69) is 10.3 Å². The first-order chi connectivity index (χ1) is 8.20. The fourth-order valence-electron chi connectivity index (χ4n) is 1.33. The second kappa shape index (κ2) is 4.88. The summed E-state index contributed by atoms with van der Waals surface area (Å²) in [5.41, 5.74) is 1.42. The average molecular weight is 246 g/mol. The average Bonchev–Trinajstić information content (AvgIpc) is 2.76. The van der Waals surface area contributed by atoms with Gasteiger partial charge in [0.25, 0.3) is 5.91 Å². The molecule has 1 amide bonds. The summed E-state index contributed by atoms with van der Waals surface area (Å²) in [4.78, 5) is 26.9. The molecule has 0 saturated carbocycles. The van der Waals surface area contributed by atoms with Crippen LogP contribution in [0.2, 0.25) is 0 Å². The van der Waals surface area contributed by atoms with E-state index in [1.807, 2.05) is 18.4 Å². The standard InChI is InChI=1S/C12H10N2O2S/c1-8-4-5-17-11(8)12(16)14-10-3-2-9(7-15)6-13-10/h2-7H,1H3,(H,13,14,16). The third-order valence-electron chi connectivity index (χ3n) is 2.23. The van der Waals surface area contributed by atoms with Gasteiger partial charge in [-0.3, -0.25) is 9.59 Å². The second-order valence-corrected chi connectivity index (χ2v) is 4.40. The number of hydrogen-bond donors (Lipinski definition) is 1. The van der Waals surface area contributed by atoms with Gasteiger partial charge in [0.1, 0.15) is 5.82 Å². The van der Waals surface area contributed by atoms with E-state index in [1.54, 1.807) is 12.1 Å². The Labute approximate surface area is 102 Å². The van der Waals surface area contributed by atoms with Crippen LogP contribution in [0.4, 0.5) is 5.82 Å². The number of pyridine rings is 1. The minimum Gasteiger partial charge on any atom is -0.306 e. The Kier molecular flexibility index (Phi) is 3.30. The number of nitrogens with one attached hydrogen (secondary N) is 1.